The van der Waals surface area contributed by atoms with Crippen LogP contribution in [-0.4, -0.2) is 38.5 Å². The maximum absolute atomic E-state index is 6.36. The summed E-state index contributed by atoms with van der Waals surface area (Å²) in [6, 6.07) is 0.547. The second kappa shape index (κ2) is 7.94. The summed E-state index contributed by atoms with van der Waals surface area (Å²) in [5, 5.41) is 3.71. The molecule has 21 heavy (non-hydrogen) atoms. The molecule has 4 unspecified atom stereocenters. The van der Waals surface area contributed by atoms with E-state index in [-0.39, 0.29) is 0 Å². The number of rotatable bonds is 6. The molecular formula is C18H35NO2. The van der Waals surface area contributed by atoms with Crippen LogP contribution in [0.25, 0.3) is 0 Å². The number of nitrogens with one attached hydrogen (secondary N) is 1. The Kier molecular flexibility index (Phi) is 6.51. The summed E-state index contributed by atoms with van der Waals surface area (Å²) in [5.74, 6) is 1.40. The summed E-state index contributed by atoms with van der Waals surface area (Å²) in [7, 11) is 0. The minimum Gasteiger partial charge on any atom is -0.381 e. The Morgan fingerprint density at radius 3 is 2.62 bits per heavy atom. The molecule has 2 fully saturated rings. The average molecular weight is 297 g/mol. The number of ether oxygens (including phenoxy) is 2. The zero-order chi connectivity index (χ0) is 15.3. The van der Waals surface area contributed by atoms with E-state index in [1.54, 1.807) is 0 Å². The van der Waals surface area contributed by atoms with Gasteiger partial charge in [-0.05, 0) is 50.0 Å². The van der Waals surface area contributed by atoms with Gasteiger partial charge in [-0.1, -0.05) is 27.7 Å². The highest BCUT2D eigenvalue weighted by molar-refractivity contribution is 4.90. The van der Waals surface area contributed by atoms with Crippen molar-refractivity contribution in [2.24, 2.45) is 17.3 Å². The van der Waals surface area contributed by atoms with Gasteiger partial charge in [-0.3, -0.25) is 0 Å². The molecule has 1 N–H and O–H groups in total. The van der Waals surface area contributed by atoms with Crippen LogP contribution in [0.4, 0.5) is 0 Å². The second-order valence-electron chi connectivity index (χ2n) is 8.04. The summed E-state index contributed by atoms with van der Waals surface area (Å²) < 4.78 is 11.8. The van der Waals surface area contributed by atoms with Crippen LogP contribution in [0.2, 0.25) is 0 Å². The minimum absolute atomic E-state index is 0.384. The molecule has 1 aliphatic heterocycles. The summed E-state index contributed by atoms with van der Waals surface area (Å²) in [6.45, 7) is 13.2. The molecule has 0 spiro atoms. The molecule has 0 aromatic carbocycles. The van der Waals surface area contributed by atoms with E-state index < -0.39 is 0 Å². The molecule has 3 heteroatoms. The van der Waals surface area contributed by atoms with E-state index in [0.29, 0.717) is 23.5 Å². The molecule has 2 rings (SSSR count). The van der Waals surface area contributed by atoms with Gasteiger partial charge in [0.25, 0.3) is 0 Å². The SMILES string of the molecule is CCCNC1CCC(C(C)(C)C)CC1OCC1CCOC1. The van der Waals surface area contributed by atoms with E-state index in [9.17, 15) is 0 Å². The van der Waals surface area contributed by atoms with Crippen molar-refractivity contribution in [1.29, 1.82) is 0 Å². The highest BCUT2D eigenvalue weighted by atomic mass is 16.5. The lowest BCUT2D eigenvalue weighted by Crippen LogP contribution is -2.48. The van der Waals surface area contributed by atoms with Crippen LogP contribution < -0.4 is 5.32 Å². The predicted octanol–water partition coefficient (Wildman–Crippen LogP) is 3.62. The minimum atomic E-state index is 0.384. The average Bonchev–Trinajstić information content (AvgIpc) is 2.95. The van der Waals surface area contributed by atoms with Crippen molar-refractivity contribution >= 4 is 0 Å². The molecule has 4 atom stereocenters. The van der Waals surface area contributed by atoms with Crippen molar-refractivity contribution in [3.63, 3.8) is 0 Å². The van der Waals surface area contributed by atoms with Gasteiger partial charge in [0.2, 0.25) is 0 Å². The van der Waals surface area contributed by atoms with E-state index in [1.165, 1.54) is 32.1 Å². The van der Waals surface area contributed by atoms with Gasteiger partial charge in [0.15, 0.2) is 0 Å². The predicted molar refractivity (Wildman–Crippen MR) is 87.5 cm³/mol. The summed E-state index contributed by atoms with van der Waals surface area (Å²) in [4.78, 5) is 0. The topological polar surface area (TPSA) is 30.5 Å². The normalized spacial score (nSPS) is 34.3. The molecule has 1 aliphatic carbocycles. The summed E-state index contributed by atoms with van der Waals surface area (Å²) >= 11 is 0. The van der Waals surface area contributed by atoms with Crippen LogP contribution in [0.15, 0.2) is 0 Å². The summed E-state index contributed by atoms with van der Waals surface area (Å²) in [5.41, 5.74) is 0.397. The number of hydrogen-bond donors (Lipinski definition) is 1. The molecule has 2 aliphatic rings. The van der Waals surface area contributed by atoms with Gasteiger partial charge >= 0.3 is 0 Å². The summed E-state index contributed by atoms with van der Waals surface area (Å²) in [6.07, 6.45) is 6.55. The fourth-order valence-corrected chi connectivity index (χ4v) is 3.64. The van der Waals surface area contributed by atoms with Gasteiger partial charge in [0.05, 0.1) is 19.3 Å². The Bertz CT molecular complexity index is 294. The molecule has 3 nitrogen and oxygen atoms in total. The Labute approximate surface area is 131 Å². The first-order valence-corrected chi connectivity index (χ1v) is 8.93. The molecule has 1 saturated heterocycles. The Morgan fingerprint density at radius 1 is 1.19 bits per heavy atom. The van der Waals surface area contributed by atoms with Crippen molar-refractivity contribution in [3.8, 4) is 0 Å². The molecule has 0 aromatic heterocycles. The van der Waals surface area contributed by atoms with Crippen molar-refractivity contribution in [2.45, 2.75) is 71.9 Å². The fraction of sp³-hybridized carbons (Fsp3) is 1.00. The zero-order valence-electron chi connectivity index (χ0n) is 14.5. The van der Waals surface area contributed by atoms with Crippen LogP contribution in [0, 0.1) is 17.3 Å². The van der Waals surface area contributed by atoms with Crippen molar-refractivity contribution in [2.75, 3.05) is 26.4 Å². The van der Waals surface area contributed by atoms with Crippen LogP contribution >= 0.6 is 0 Å². The van der Waals surface area contributed by atoms with Crippen molar-refractivity contribution in [1.82, 2.24) is 5.32 Å². The van der Waals surface area contributed by atoms with Gasteiger partial charge in [0, 0.05) is 18.6 Å². The Hall–Kier alpha value is -0.120. The van der Waals surface area contributed by atoms with Gasteiger partial charge in [-0.2, -0.15) is 0 Å². The Balaban J connectivity index is 1.88. The molecule has 1 heterocycles. The van der Waals surface area contributed by atoms with Gasteiger partial charge in [0.1, 0.15) is 0 Å². The van der Waals surface area contributed by atoms with Crippen molar-refractivity contribution in [3.05, 3.63) is 0 Å². The lowest BCUT2D eigenvalue weighted by molar-refractivity contribution is -0.0411. The maximum Gasteiger partial charge on any atom is 0.0731 e. The van der Waals surface area contributed by atoms with E-state index >= 15 is 0 Å². The van der Waals surface area contributed by atoms with Crippen LogP contribution in [0.1, 0.15) is 59.8 Å². The molecule has 1 saturated carbocycles. The van der Waals surface area contributed by atoms with Gasteiger partial charge in [-0.15, -0.1) is 0 Å². The third-order valence-electron chi connectivity index (χ3n) is 5.24. The number of hydrogen-bond acceptors (Lipinski definition) is 3. The van der Waals surface area contributed by atoms with E-state index in [1.807, 2.05) is 0 Å². The third-order valence-corrected chi connectivity index (χ3v) is 5.24. The van der Waals surface area contributed by atoms with Crippen LogP contribution in [0.3, 0.4) is 0 Å². The second-order valence-corrected chi connectivity index (χ2v) is 8.04. The lowest BCUT2D eigenvalue weighted by Gasteiger charge is -2.42. The zero-order valence-corrected chi connectivity index (χ0v) is 14.5. The highest BCUT2D eigenvalue weighted by Crippen LogP contribution is 2.39. The first kappa shape index (κ1) is 17.2. The Morgan fingerprint density at radius 2 is 2.00 bits per heavy atom. The van der Waals surface area contributed by atoms with Crippen LogP contribution in [-0.2, 0) is 9.47 Å². The monoisotopic (exact) mass is 297 g/mol. The first-order valence-electron chi connectivity index (χ1n) is 8.93. The smallest absolute Gasteiger partial charge is 0.0731 e. The third kappa shape index (κ3) is 5.22. The standard InChI is InChI=1S/C18H35NO2/c1-5-9-19-16-7-6-15(18(2,3)4)11-17(16)21-13-14-8-10-20-12-14/h14-17,19H,5-13H2,1-4H3. The molecule has 0 bridgehead atoms. The molecule has 0 amide bonds. The quantitative estimate of drug-likeness (QED) is 0.812. The van der Waals surface area contributed by atoms with Crippen LogP contribution in [0.5, 0.6) is 0 Å². The van der Waals surface area contributed by atoms with Crippen molar-refractivity contribution < 1.29 is 9.47 Å². The largest absolute Gasteiger partial charge is 0.381 e. The van der Waals surface area contributed by atoms with Gasteiger partial charge in [-0.25, -0.2) is 0 Å². The van der Waals surface area contributed by atoms with E-state index in [4.69, 9.17) is 9.47 Å². The molecular weight excluding hydrogens is 262 g/mol. The molecule has 0 aromatic rings. The van der Waals surface area contributed by atoms with Gasteiger partial charge < -0.3 is 14.8 Å². The fourth-order valence-electron chi connectivity index (χ4n) is 3.64. The van der Waals surface area contributed by atoms with E-state index in [0.717, 1.165) is 32.3 Å². The van der Waals surface area contributed by atoms with E-state index in [2.05, 4.69) is 33.0 Å². The molecule has 0 radical (unpaired) electrons. The lowest BCUT2D eigenvalue weighted by atomic mass is 9.70. The molecule has 124 valence electrons. The first-order chi connectivity index (χ1) is 10.0. The maximum atomic E-state index is 6.36. The highest BCUT2D eigenvalue weighted by Gasteiger charge is 2.36.